The first kappa shape index (κ1) is 21.3. The molecule has 33 heavy (non-hydrogen) atoms. The third-order valence-corrected chi connectivity index (χ3v) is 5.98. The van der Waals surface area contributed by atoms with E-state index in [2.05, 4.69) is 34.7 Å². The fourth-order valence-electron chi connectivity index (χ4n) is 4.13. The average Bonchev–Trinajstić information content (AvgIpc) is 3.31. The van der Waals surface area contributed by atoms with E-state index in [0.717, 1.165) is 37.1 Å². The molecule has 3 heterocycles. The molecule has 0 radical (unpaired) electrons. The van der Waals surface area contributed by atoms with E-state index in [4.69, 9.17) is 14.4 Å². The van der Waals surface area contributed by atoms with Crippen molar-refractivity contribution in [3.05, 3.63) is 84.1 Å². The molecule has 4 aromatic rings. The highest BCUT2D eigenvalue weighted by atomic mass is 19.1. The number of hydrogen-bond acceptors (Lipinski definition) is 6. The molecule has 1 aliphatic heterocycles. The normalized spacial score (nSPS) is 15.3. The maximum Gasteiger partial charge on any atom is 0.223 e. The summed E-state index contributed by atoms with van der Waals surface area (Å²) in [6.07, 6.45) is 3.64. The van der Waals surface area contributed by atoms with E-state index in [0.29, 0.717) is 29.0 Å². The summed E-state index contributed by atoms with van der Waals surface area (Å²) in [6, 6.07) is 18.3. The predicted molar refractivity (Wildman–Crippen MR) is 126 cm³/mol. The van der Waals surface area contributed by atoms with Crippen LogP contribution in [-0.4, -0.2) is 28.0 Å². The Morgan fingerprint density at radius 2 is 1.76 bits per heavy atom. The van der Waals surface area contributed by atoms with Crippen LogP contribution >= 0.6 is 0 Å². The number of rotatable bonds is 6. The van der Waals surface area contributed by atoms with Gasteiger partial charge >= 0.3 is 0 Å². The lowest BCUT2D eigenvalue weighted by molar-refractivity contribution is 0.378. The van der Waals surface area contributed by atoms with Gasteiger partial charge in [0.1, 0.15) is 17.2 Å². The van der Waals surface area contributed by atoms with Crippen LogP contribution in [0.2, 0.25) is 0 Å². The molecule has 7 heteroatoms. The topological polar surface area (TPSA) is 75.9 Å². The Labute approximate surface area is 192 Å². The van der Waals surface area contributed by atoms with Crippen LogP contribution in [0.5, 0.6) is 0 Å². The van der Waals surface area contributed by atoms with Crippen LogP contribution in [0.15, 0.2) is 71.3 Å². The summed E-state index contributed by atoms with van der Waals surface area (Å²) in [5.41, 5.74) is 3.25. The number of aromatic nitrogens is 3. The van der Waals surface area contributed by atoms with Gasteiger partial charge in [0.05, 0.1) is 6.04 Å². The zero-order valence-electron chi connectivity index (χ0n) is 18.5. The van der Waals surface area contributed by atoms with Crippen molar-refractivity contribution in [2.75, 3.05) is 18.4 Å². The first-order valence-electron chi connectivity index (χ1n) is 11.3. The van der Waals surface area contributed by atoms with Gasteiger partial charge in [-0.3, -0.25) is 0 Å². The van der Waals surface area contributed by atoms with Crippen LogP contribution in [0.4, 0.5) is 10.3 Å². The number of nitrogens with zero attached hydrogens (tertiary/aromatic N) is 3. The van der Waals surface area contributed by atoms with Crippen molar-refractivity contribution in [3.8, 4) is 22.7 Å². The monoisotopic (exact) mass is 443 g/mol. The van der Waals surface area contributed by atoms with Crippen LogP contribution < -0.4 is 10.6 Å². The third-order valence-electron chi connectivity index (χ3n) is 5.98. The highest BCUT2D eigenvalue weighted by molar-refractivity contribution is 5.75. The van der Waals surface area contributed by atoms with E-state index in [1.54, 1.807) is 18.3 Å². The molecule has 0 unspecified atom stereocenters. The fraction of sp³-hybridized carbons (Fsp3) is 0.269. The number of nitrogens with one attached hydrogen (secondary N) is 2. The summed E-state index contributed by atoms with van der Waals surface area (Å²) in [7, 11) is 0. The Kier molecular flexibility index (Phi) is 6.13. The first-order chi connectivity index (χ1) is 16.2. The Morgan fingerprint density at radius 1 is 1.00 bits per heavy atom. The quantitative estimate of drug-likeness (QED) is 0.405. The van der Waals surface area contributed by atoms with Gasteiger partial charge in [0.15, 0.2) is 11.7 Å². The van der Waals surface area contributed by atoms with Crippen molar-refractivity contribution in [2.24, 2.45) is 0 Å². The van der Waals surface area contributed by atoms with Gasteiger partial charge in [0, 0.05) is 17.7 Å². The molecule has 0 saturated carbocycles. The molecule has 2 aromatic carbocycles. The number of halogens is 1. The second kappa shape index (κ2) is 9.50. The molecule has 1 aliphatic rings. The largest absolute Gasteiger partial charge is 0.438 e. The number of oxazole rings is 1. The van der Waals surface area contributed by atoms with Gasteiger partial charge in [-0.05, 0) is 68.8 Å². The number of benzene rings is 2. The zero-order chi connectivity index (χ0) is 22.6. The molecule has 2 aromatic heterocycles. The molecule has 0 bridgehead atoms. The second-order valence-corrected chi connectivity index (χ2v) is 8.30. The van der Waals surface area contributed by atoms with E-state index in [1.807, 2.05) is 24.3 Å². The van der Waals surface area contributed by atoms with Gasteiger partial charge in [-0.15, -0.1) is 0 Å². The van der Waals surface area contributed by atoms with Crippen molar-refractivity contribution in [3.63, 3.8) is 0 Å². The molecule has 0 aliphatic carbocycles. The van der Waals surface area contributed by atoms with Crippen molar-refractivity contribution in [1.29, 1.82) is 0 Å². The molecular weight excluding hydrogens is 417 g/mol. The highest BCUT2D eigenvalue weighted by Gasteiger charge is 2.25. The Morgan fingerprint density at radius 3 is 2.52 bits per heavy atom. The van der Waals surface area contributed by atoms with E-state index in [9.17, 15) is 4.39 Å². The molecule has 0 spiro atoms. The van der Waals surface area contributed by atoms with E-state index in [-0.39, 0.29) is 17.8 Å². The molecule has 1 fully saturated rings. The molecule has 2 N–H and O–H groups in total. The number of anilines is 1. The lowest BCUT2D eigenvalue weighted by Gasteiger charge is -2.19. The van der Waals surface area contributed by atoms with Crippen molar-refractivity contribution >= 4 is 5.95 Å². The zero-order valence-corrected chi connectivity index (χ0v) is 18.5. The lowest BCUT2D eigenvalue weighted by Crippen LogP contribution is -2.26. The van der Waals surface area contributed by atoms with Gasteiger partial charge in [0.2, 0.25) is 5.95 Å². The molecule has 6 nitrogen and oxygen atoms in total. The van der Waals surface area contributed by atoms with Gasteiger partial charge in [0.25, 0.3) is 0 Å². The number of piperidine rings is 1. The molecule has 1 atom stereocenters. The van der Waals surface area contributed by atoms with E-state index in [1.165, 1.54) is 12.1 Å². The maximum atomic E-state index is 13.6. The van der Waals surface area contributed by atoms with Crippen LogP contribution in [-0.2, 0) is 0 Å². The first-order valence-corrected chi connectivity index (χ1v) is 11.3. The van der Waals surface area contributed by atoms with Crippen molar-refractivity contribution < 1.29 is 8.81 Å². The average molecular weight is 444 g/mol. The highest BCUT2D eigenvalue weighted by Crippen LogP contribution is 2.36. The maximum absolute atomic E-state index is 13.6. The SMILES string of the molecule is C[C@H](Nc1nccc(-c2oc(C3CCNCC3)nc2-c2ccc(F)cc2)n1)c1ccccc1. The molecule has 168 valence electrons. The minimum absolute atomic E-state index is 0.0399. The summed E-state index contributed by atoms with van der Waals surface area (Å²) in [5.74, 6) is 1.75. The number of hydrogen-bond donors (Lipinski definition) is 2. The molecular formula is C26H26FN5O. The summed E-state index contributed by atoms with van der Waals surface area (Å²) < 4.78 is 19.9. The van der Waals surface area contributed by atoms with Crippen molar-refractivity contribution in [2.45, 2.75) is 31.7 Å². The minimum atomic E-state index is -0.286. The summed E-state index contributed by atoms with van der Waals surface area (Å²) >= 11 is 0. The lowest BCUT2D eigenvalue weighted by atomic mass is 9.98. The van der Waals surface area contributed by atoms with Gasteiger partial charge in [-0.2, -0.15) is 0 Å². The van der Waals surface area contributed by atoms with E-state index >= 15 is 0 Å². The molecule has 5 rings (SSSR count). The predicted octanol–water partition coefficient (Wildman–Crippen LogP) is 5.58. The summed E-state index contributed by atoms with van der Waals surface area (Å²) in [4.78, 5) is 14.0. The van der Waals surface area contributed by atoms with Crippen LogP contribution in [0.25, 0.3) is 22.7 Å². The second-order valence-electron chi connectivity index (χ2n) is 8.30. The van der Waals surface area contributed by atoms with Gasteiger partial charge in [-0.1, -0.05) is 30.3 Å². The van der Waals surface area contributed by atoms with Crippen LogP contribution in [0.3, 0.4) is 0 Å². The van der Waals surface area contributed by atoms with Crippen molar-refractivity contribution in [1.82, 2.24) is 20.3 Å². The minimum Gasteiger partial charge on any atom is -0.438 e. The Balaban J connectivity index is 1.50. The third kappa shape index (κ3) is 4.78. The van der Waals surface area contributed by atoms with Gasteiger partial charge in [-0.25, -0.2) is 19.3 Å². The fourth-order valence-corrected chi connectivity index (χ4v) is 4.13. The summed E-state index contributed by atoms with van der Waals surface area (Å²) in [6.45, 7) is 3.94. The van der Waals surface area contributed by atoms with E-state index < -0.39 is 0 Å². The molecule has 1 saturated heterocycles. The van der Waals surface area contributed by atoms with Crippen LogP contribution in [0.1, 0.15) is 43.2 Å². The Hall–Kier alpha value is -3.58. The standard InChI is InChI=1S/C26H26FN5O/c1-17(18-5-3-2-4-6-18)30-26-29-16-13-22(31-26)24-23(19-7-9-21(27)10-8-19)32-25(33-24)20-11-14-28-15-12-20/h2-10,13,16-17,20,28H,11-12,14-15H2,1H3,(H,29,30,31)/t17-/m0/s1. The smallest absolute Gasteiger partial charge is 0.223 e. The van der Waals surface area contributed by atoms with Crippen LogP contribution in [0, 0.1) is 5.82 Å². The van der Waals surface area contributed by atoms with Gasteiger partial charge < -0.3 is 15.1 Å². The summed E-state index contributed by atoms with van der Waals surface area (Å²) in [5, 5.41) is 6.74. The Bertz CT molecular complexity index is 1200. The molecule has 0 amide bonds.